The maximum Gasteiger partial charge on any atom is 0.0686 e. The molecule has 25 heavy (non-hydrogen) atoms. The van der Waals surface area contributed by atoms with E-state index in [9.17, 15) is 0 Å². The summed E-state index contributed by atoms with van der Waals surface area (Å²) in [6.45, 7) is 0. The Kier molecular flexibility index (Phi) is 6.24. The van der Waals surface area contributed by atoms with Crippen LogP contribution in [0.15, 0.2) is 96.1 Å². The lowest BCUT2D eigenvalue weighted by Crippen LogP contribution is -2.14. The maximum absolute atomic E-state index is 5.94. The largest absolute Gasteiger partial charge is 0.233 e. The Balaban J connectivity index is 2.05. The van der Waals surface area contributed by atoms with Crippen LogP contribution >= 0.6 is 11.6 Å². The van der Waals surface area contributed by atoms with Crippen molar-refractivity contribution in [1.29, 1.82) is 0 Å². The quantitative estimate of drug-likeness (QED) is 0.280. The van der Waals surface area contributed by atoms with Crippen LogP contribution in [0.1, 0.15) is 18.4 Å². The second-order valence-electron chi connectivity index (χ2n) is 5.69. The van der Waals surface area contributed by atoms with E-state index in [0.717, 1.165) is 35.5 Å². The van der Waals surface area contributed by atoms with Crippen molar-refractivity contribution in [1.82, 2.24) is 0 Å². The first-order valence-corrected chi connectivity index (χ1v) is 9.01. The van der Waals surface area contributed by atoms with Gasteiger partial charge < -0.3 is 0 Å². The summed E-state index contributed by atoms with van der Waals surface area (Å²) in [4.78, 5) is 0. The first kappa shape index (κ1) is 17.2. The van der Waals surface area contributed by atoms with E-state index in [1.807, 2.05) is 59.6 Å². The van der Waals surface area contributed by atoms with Crippen LogP contribution in [0.4, 0.5) is 11.4 Å². The summed E-state index contributed by atoms with van der Waals surface area (Å²) in [7, 11) is 0. The molecule has 0 aliphatic carbocycles. The minimum atomic E-state index is 0.628. The molecule has 0 aromatic heterocycles. The second-order valence-corrected chi connectivity index (χ2v) is 6.07. The van der Waals surface area contributed by atoms with Crippen molar-refractivity contribution in [3.63, 3.8) is 0 Å². The average molecular weight is 349 g/mol. The van der Waals surface area contributed by atoms with Crippen LogP contribution in [-0.4, -0.2) is 11.6 Å². The fourth-order valence-electron chi connectivity index (χ4n) is 2.64. The highest BCUT2D eigenvalue weighted by molar-refractivity contribution is 6.18. The molecule has 0 aliphatic heterocycles. The van der Waals surface area contributed by atoms with Gasteiger partial charge in [-0.15, -0.1) is 11.6 Å². The van der Waals surface area contributed by atoms with Crippen molar-refractivity contribution in [2.75, 3.05) is 10.9 Å². The van der Waals surface area contributed by atoms with Gasteiger partial charge in [0.2, 0.25) is 0 Å². The third kappa shape index (κ3) is 4.71. The average Bonchev–Trinajstić information content (AvgIpc) is 2.70. The first-order chi connectivity index (χ1) is 12.4. The summed E-state index contributed by atoms with van der Waals surface area (Å²) in [6.07, 6.45) is 1.73. The van der Waals surface area contributed by atoms with E-state index in [1.165, 1.54) is 0 Å². The summed E-state index contributed by atoms with van der Waals surface area (Å²) in [6, 6.07) is 30.7. The number of hydrazone groups is 1. The number of hydrogen-bond donors (Lipinski definition) is 0. The monoisotopic (exact) mass is 348 g/mol. The van der Waals surface area contributed by atoms with E-state index in [4.69, 9.17) is 16.7 Å². The van der Waals surface area contributed by atoms with Gasteiger partial charge in [0.25, 0.3) is 0 Å². The van der Waals surface area contributed by atoms with E-state index >= 15 is 0 Å². The molecule has 0 fully saturated rings. The van der Waals surface area contributed by atoms with Gasteiger partial charge in [-0.05, 0) is 42.7 Å². The highest BCUT2D eigenvalue weighted by Crippen LogP contribution is 2.26. The zero-order chi connectivity index (χ0) is 17.3. The summed E-state index contributed by atoms with van der Waals surface area (Å²) in [5.74, 6) is 0.628. The minimum Gasteiger partial charge on any atom is -0.233 e. The molecular formula is C22H21ClN2. The van der Waals surface area contributed by atoms with Crippen molar-refractivity contribution in [3.8, 4) is 0 Å². The normalized spacial score (nSPS) is 11.3. The second kappa shape index (κ2) is 9.05. The lowest BCUT2D eigenvalue weighted by molar-refractivity contribution is 0.975. The molecule has 3 aromatic carbocycles. The standard InChI is InChI=1S/C22H21ClN2/c23-18-10-17-22(19-11-4-1-5-12-19)24-25(20-13-6-2-7-14-20)21-15-8-3-9-16-21/h1-9,11-16H,10,17-18H2/b24-22+. The van der Waals surface area contributed by atoms with Gasteiger partial charge in [-0.2, -0.15) is 5.10 Å². The van der Waals surface area contributed by atoms with E-state index in [1.54, 1.807) is 0 Å². The molecule has 0 atom stereocenters. The molecule has 126 valence electrons. The summed E-state index contributed by atoms with van der Waals surface area (Å²) < 4.78 is 0. The third-order valence-corrected chi connectivity index (χ3v) is 4.14. The molecular weight excluding hydrogens is 328 g/mol. The molecule has 0 bridgehead atoms. The molecule has 0 N–H and O–H groups in total. The molecule has 0 saturated carbocycles. The number of hydrogen-bond acceptors (Lipinski definition) is 2. The number of rotatable bonds is 7. The number of para-hydroxylation sites is 2. The van der Waals surface area contributed by atoms with Crippen molar-refractivity contribution in [2.24, 2.45) is 5.10 Å². The Morgan fingerprint density at radius 1 is 0.720 bits per heavy atom. The molecule has 0 heterocycles. The Bertz CT molecular complexity index is 747. The third-order valence-electron chi connectivity index (χ3n) is 3.88. The van der Waals surface area contributed by atoms with Crippen LogP contribution in [0.25, 0.3) is 0 Å². The number of benzene rings is 3. The predicted molar refractivity (Wildman–Crippen MR) is 108 cm³/mol. The van der Waals surface area contributed by atoms with Crippen molar-refractivity contribution in [3.05, 3.63) is 96.6 Å². The first-order valence-electron chi connectivity index (χ1n) is 8.47. The van der Waals surface area contributed by atoms with E-state index in [0.29, 0.717) is 5.88 Å². The Labute approximate surface area is 154 Å². The highest BCUT2D eigenvalue weighted by atomic mass is 35.5. The molecule has 0 saturated heterocycles. The molecule has 0 unspecified atom stereocenters. The fraction of sp³-hybridized carbons (Fsp3) is 0.136. The summed E-state index contributed by atoms with van der Waals surface area (Å²) in [5.41, 5.74) is 4.24. The van der Waals surface area contributed by atoms with Crippen LogP contribution in [-0.2, 0) is 0 Å². The molecule has 3 aromatic rings. The molecule has 0 amide bonds. The molecule has 0 aliphatic rings. The van der Waals surface area contributed by atoms with Crippen molar-refractivity contribution in [2.45, 2.75) is 12.8 Å². The van der Waals surface area contributed by atoms with Crippen molar-refractivity contribution >= 4 is 28.7 Å². The Morgan fingerprint density at radius 3 is 1.68 bits per heavy atom. The number of anilines is 2. The lowest BCUT2D eigenvalue weighted by Gasteiger charge is -2.21. The summed E-state index contributed by atoms with van der Waals surface area (Å²) >= 11 is 5.94. The SMILES string of the molecule is ClCCC/C(=N\N(c1ccccc1)c1ccccc1)c1ccccc1. The predicted octanol–water partition coefficient (Wildman–Crippen LogP) is 6.25. The van der Waals surface area contributed by atoms with Crippen LogP contribution in [0.3, 0.4) is 0 Å². The molecule has 0 radical (unpaired) electrons. The fourth-order valence-corrected chi connectivity index (χ4v) is 2.77. The van der Waals surface area contributed by atoms with E-state index in [2.05, 4.69) is 36.4 Å². The van der Waals surface area contributed by atoms with Crippen LogP contribution in [0, 0.1) is 0 Å². The zero-order valence-corrected chi connectivity index (χ0v) is 14.8. The Morgan fingerprint density at radius 2 is 1.20 bits per heavy atom. The van der Waals surface area contributed by atoms with Gasteiger partial charge in [0.1, 0.15) is 0 Å². The number of nitrogens with zero attached hydrogens (tertiary/aromatic N) is 2. The van der Waals surface area contributed by atoms with Gasteiger partial charge in [-0.3, -0.25) is 0 Å². The topological polar surface area (TPSA) is 15.6 Å². The van der Waals surface area contributed by atoms with Crippen LogP contribution < -0.4 is 5.01 Å². The van der Waals surface area contributed by atoms with Gasteiger partial charge in [0.15, 0.2) is 0 Å². The smallest absolute Gasteiger partial charge is 0.0686 e. The van der Waals surface area contributed by atoms with Crippen molar-refractivity contribution < 1.29 is 0 Å². The summed E-state index contributed by atoms with van der Waals surface area (Å²) in [5, 5.41) is 7.01. The molecule has 2 nitrogen and oxygen atoms in total. The van der Waals surface area contributed by atoms with Gasteiger partial charge >= 0.3 is 0 Å². The van der Waals surface area contributed by atoms with E-state index in [-0.39, 0.29) is 0 Å². The highest BCUT2D eigenvalue weighted by Gasteiger charge is 2.11. The number of halogens is 1. The van der Waals surface area contributed by atoms with Gasteiger partial charge in [0, 0.05) is 5.88 Å². The van der Waals surface area contributed by atoms with Crippen LogP contribution in [0.2, 0.25) is 0 Å². The zero-order valence-electron chi connectivity index (χ0n) is 14.1. The lowest BCUT2D eigenvalue weighted by atomic mass is 10.1. The molecule has 3 rings (SSSR count). The van der Waals surface area contributed by atoms with Crippen LogP contribution in [0.5, 0.6) is 0 Å². The van der Waals surface area contributed by atoms with Gasteiger partial charge in [-0.1, -0.05) is 66.7 Å². The molecule has 0 spiro atoms. The Hall–Kier alpha value is -2.58. The number of alkyl halides is 1. The maximum atomic E-state index is 5.94. The van der Waals surface area contributed by atoms with Gasteiger partial charge in [0.05, 0.1) is 17.1 Å². The minimum absolute atomic E-state index is 0.628. The van der Waals surface area contributed by atoms with E-state index < -0.39 is 0 Å². The van der Waals surface area contributed by atoms with Gasteiger partial charge in [-0.25, -0.2) is 5.01 Å². The molecule has 3 heteroatoms.